The van der Waals surface area contributed by atoms with Gasteiger partial charge in [-0.15, -0.1) is 0 Å². The smallest absolute Gasteiger partial charge is 0.309 e. The van der Waals surface area contributed by atoms with E-state index in [2.05, 4.69) is 49.8 Å². The van der Waals surface area contributed by atoms with E-state index in [-0.39, 0.29) is 17.9 Å². The van der Waals surface area contributed by atoms with E-state index in [1.807, 2.05) is 6.08 Å². The Morgan fingerprint density at radius 3 is 2.82 bits per heavy atom. The molecule has 2 bridgehead atoms. The van der Waals surface area contributed by atoms with Crippen LogP contribution >= 0.6 is 11.6 Å². The van der Waals surface area contributed by atoms with Crippen molar-refractivity contribution in [2.75, 3.05) is 44.0 Å². The van der Waals surface area contributed by atoms with Crippen LogP contribution in [0.15, 0.2) is 36.5 Å². The summed E-state index contributed by atoms with van der Waals surface area (Å²) in [4.78, 5) is 23.2. The molecule has 4 unspecified atom stereocenters. The van der Waals surface area contributed by atoms with Crippen LogP contribution in [0.4, 0.5) is 17.5 Å². The Labute approximate surface area is 204 Å². The minimum atomic E-state index is -0.788. The number of hydrogen-bond acceptors (Lipinski definition) is 7. The van der Waals surface area contributed by atoms with Gasteiger partial charge in [0.15, 0.2) is 5.82 Å². The second kappa shape index (κ2) is 9.90. The predicted molar refractivity (Wildman–Crippen MR) is 132 cm³/mol. The van der Waals surface area contributed by atoms with Gasteiger partial charge in [-0.2, -0.15) is 4.98 Å². The second-order valence-corrected chi connectivity index (χ2v) is 9.72. The van der Waals surface area contributed by atoms with Crippen LogP contribution in [-0.4, -0.2) is 65.3 Å². The fourth-order valence-corrected chi connectivity index (χ4v) is 5.61. The standard InChI is InChI=1S/C25H30ClN5O3/c1-34-11-10-31-8-6-15-4-5-19(13-16(15)7-9-31)28-25-27-14-20(26)23(30-25)29-22-18-3-2-17(12-18)21(22)24(32)33/h2-5,13-14,17-18,21-22H,6-12H2,1H3,(H,32,33)(H2,27,28,29,30). The number of carboxylic acids is 1. The molecular formula is C25H30ClN5O3. The lowest BCUT2D eigenvalue weighted by Crippen LogP contribution is -2.38. The lowest BCUT2D eigenvalue weighted by atomic mass is 9.89. The first-order valence-corrected chi connectivity index (χ1v) is 12.2. The normalized spacial score (nSPS) is 25.7. The number of halogens is 1. The molecule has 8 nitrogen and oxygen atoms in total. The zero-order chi connectivity index (χ0) is 23.7. The summed E-state index contributed by atoms with van der Waals surface area (Å²) in [6.07, 6.45) is 8.52. The fourth-order valence-electron chi connectivity index (χ4n) is 5.46. The molecule has 3 aliphatic rings. The number of ether oxygens (including phenoxy) is 1. The number of methoxy groups -OCH3 is 1. The van der Waals surface area contributed by atoms with E-state index in [4.69, 9.17) is 16.3 Å². The SMILES string of the molecule is COCCN1CCc2ccc(Nc3ncc(Cl)c(NC4C5C=CC(C5)C4C(=O)O)n3)cc2CC1. The second-order valence-electron chi connectivity index (χ2n) is 9.32. The average Bonchev–Trinajstić information content (AvgIpc) is 3.37. The van der Waals surface area contributed by atoms with Gasteiger partial charge in [0.05, 0.1) is 18.7 Å². The number of aromatic nitrogens is 2. The summed E-state index contributed by atoms with van der Waals surface area (Å²) in [5, 5.41) is 16.7. The summed E-state index contributed by atoms with van der Waals surface area (Å²) in [6, 6.07) is 6.16. The average molecular weight is 484 g/mol. The van der Waals surface area contributed by atoms with Crippen LogP contribution in [0, 0.1) is 17.8 Å². The fraction of sp³-hybridized carbons (Fsp3) is 0.480. The van der Waals surface area contributed by atoms with E-state index in [0.29, 0.717) is 16.8 Å². The van der Waals surface area contributed by atoms with Crippen molar-refractivity contribution in [2.24, 2.45) is 17.8 Å². The number of allylic oxidation sites excluding steroid dienone is 1. The number of hydrogen-bond donors (Lipinski definition) is 3. The minimum Gasteiger partial charge on any atom is -0.481 e. The number of nitrogens with one attached hydrogen (secondary N) is 2. The summed E-state index contributed by atoms with van der Waals surface area (Å²) in [7, 11) is 1.74. The van der Waals surface area contributed by atoms with Crippen molar-refractivity contribution in [1.82, 2.24) is 14.9 Å². The van der Waals surface area contributed by atoms with Crippen LogP contribution in [0.25, 0.3) is 0 Å². The van der Waals surface area contributed by atoms with Crippen molar-refractivity contribution in [3.05, 3.63) is 52.7 Å². The first-order valence-electron chi connectivity index (χ1n) is 11.8. The van der Waals surface area contributed by atoms with Gasteiger partial charge in [-0.1, -0.05) is 29.8 Å². The van der Waals surface area contributed by atoms with E-state index in [0.717, 1.165) is 51.2 Å². The molecular weight excluding hydrogens is 454 g/mol. The third-order valence-corrected chi connectivity index (χ3v) is 7.54. The van der Waals surface area contributed by atoms with Crippen LogP contribution in [0.3, 0.4) is 0 Å². The highest BCUT2D eigenvalue weighted by Crippen LogP contribution is 2.45. The first kappa shape index (κ1) is 23.1. The molecule has 9 heteroatoms. The number of carbonyl (C=O) groups is 1. The molecule has 1 aromatic heterocycles. The molecule has 2 aromatic rings. The van der Waals surface area contributed by atoms with Crippen LogP contribution in [0.2, 0.25) is 5.02 Å². The number of aliphatic carboxylic acids is 1. The largest absolute Gasteiger partial charge is 0.481 e. The van der Waals surface area contributed by atoms with Crippen molar-refractivity contribution in [3.8, 4) is 0 Å². The molecule has 1 aliphatic heterocycles. The van der Waals surface area contributed by atoms with Crippen molar-refractivity contribution in [3.63, 3.8) is 0 Å². The Kier molecular flexibility index (Phi) is 6.72. The molecule has 1 fully saturated rings. The zero-order valence-corrected chi connectivity index (χ0v) is 20.0. The number of anilines is 3. The van der Waals surface area contributed by atoms with Crippen LogP contribution in [-0.2, 0) is 22.4 Å². The molecule has 180 valence electrons. The van der Waals surface area contributed by atoms with Gasteiger partial charge in [-0.3, -0.25) is 4.79 Å². The molecule has 2 heterocycles. The molecule has 4 atom stereocenters. The topological polar surface area (TPSA) is 99.6 Å². The van der Waals surface area contributed by atoms with Gasteiger partial charge in [0.2, 0.25) is 5.95 Å². The minimum absolute atomic E-state index is 0.0585. The summed E-state index contributed by atoms with van der Waals surface area (Å²) in [6.45, 7) is 3.74. The van der Waals surface area contributed by atoms with Crippen molar-refractivity contribution >= 4 is 35.0 Å². The van der Waals surface area contributed by atoms with Crippen LogP contribution in [0.1, 0.15) is 17.5 Å². The maximum absolute atomic E-state index is 11.8. The van der Waals surface area contributed by atoms with Gasteiger partial charge in [0, 0.05) is 38.5 Å². The third-order valence-electron chi connectivity index (χ3n) is 7.26. The third kappa shape index (κ3) is 4.76. The molecule has 2 aliphatic carbocycles. The van der Waals surface area contributed by atoms with Crippen LogP contribution < -0.4 is 10.6 Å². The summed E-state index contributed by atoms with van der Waals surface area (Å²) in [5.74, 6) is -0.161. The van der Waals surface area contributed by atoms with Gasteiger partial charge in [0.1, 0.15) is 5.02 Å². The van der Waals surface area contributed by atoms with E-state index in [9.17, 15) is 9.90 Å². The van der Waals surface area contributed by atoms with Crippen molar-refractivity contribution in [2.45, 2.75) is 25.3 Å². The highest BCUT2D eigenvalue weighted by atomic mass is 35.5. The quantitative estimate of drug-likeness (QED) is 0.490. The van der Waals surface area contributed by atoms with E-state index < -0.39 is 11.9 Å². The highest BCUT2D eigenvalue weighted by molar-refractivity contribution is 6.32. The number of rotatable bonds is 8. The summed E-state index contributed by atoms with van der Waals surface area (Å²) >= 11 is 6.38. The lowest BCUT2D eigenvalue weighted by molar-refractivity contribution is -0.142. The molecule has 0 spiro atoms. The Morgan fingerprint density at radius 2 is 2.03 bits per heavy atom. The highest BCUT2D eigenvalue weighted by Gasteiger charge is 2.48. The van der Waals surface area contributed by atoms with Gasteiger partial charge < -0.3 is 25.4 Å². The Hall–Kier alpha value is -2.68. The van der Waals surface area contributed by atoms with Crippen LogP contribution in [0.5, 0.6) is 0 Å². The van der Waals surface area contributed by atoms with Gasteiger partial charge in [0.25, 0.3) is 0 Å². The molecule has 5 rings (SSSR count). The first-order chi connectivity index (χ1) is 16.5. The molecule has 1 saturated carbocycles. The molecule has 0 amide bonds. The van der Waals surface area contributed by atoms with E-state index in [1.54, 1.807) is 13.3 Å². The maximum atomic E-state index is 11.8. The Bertz CT molecular complexity index is 1090. The number of benzene rings is 1. The predicted octanol–water partition coefficient (Wildman–Crippen LogP) is 3.61. The van der Waals surface area contributed by atoms with Crippen molar-refractivity contribution < 1.29 is 14.6 Å². The molecule has 0 saturated heterocycles. The molecule has 3 N–H and O–H groups in total. The number of fused-ring (bicyclic) bond motifs is 3. The molecule has 1 aromatic carbocycles. The summed E-state index contributed by atoms with van der Waals surface area (Å²) < 4.78 is 5.23. The van der Waals surface area contributed by atoms with E-state index >= 15 is 0 Å². The van der Waals surface area contributed by atoms with Gasteiger partial charge in [-0.05, 0) is 54.4 Å². The molecule has 0 radical (unpaired) electrons. The number of carboxylic acid groups (broad SMARTS) is 1. The van der Waals surface area contributed by atoms with Gasteiger partial charge in [-0.25, -0.2) is 4.98 Å². The van der Waals surface area contributed by atoms with Crippen molar-refractivity contribution in [1.29, 1.82) is 0 Å². The number of nitrogens with zero attached hydrogens (tertiary/aromatic N) is 3. The Morgan fingerprint density at radius 1 is 1.24 bits per heavy atom. The lowest BCUT2D eigenvalue weighted by Gasteiger charge is -2.26. The zero-order valence-electron chi connectivity index (χ0n) is 19.2. The monoisotopic (exact) mass is 483 g/mol. The Balaban J connectivity index is 1.29. The molecule has 34 heavy (non-hydrogen) atoms. The van der Waals surface area contributed by atoms with E-state index in [1.165, 1.54) is 11.1 Å². The van der Waals surface area contributed by atoms with Gasteiger partial charge >= 0.3 is 5.97 Å². The summed E-state index contributed by atoms with van der Waals surface area (Å²) in [5.41, 5.74) is 3.62. The maximum Gasteiger partial charge on any atom is 0.309 e.